The van der Waals surface area contributed by atoms with Gasteiger partial charge in [0, 0.05) is 6.42 Å². The van der Waals surface area contributed by atoms with E-state index in [-0.39, 0.29) is 18.4 Å². The lowest BCUT2D eigenvalue weighted by Crippen LogP contribution is -2.11. The predicted octanol–water partition coefficient (Wildman–Crippen LogP) is 2.13. The van der Waals surface area contributed by atoms with Gasteiger partial charge in [-0.1, -0.05) is 19.8 Å². The highest BCUT2D eigenvalue weighted by Gasteiger charge is 2.12. The summed E-state index contributed by atoms with van der Waals surface area (Å²) in [5.74, 6) is 0.358. The van der Waals surface area contributed by atoms with Gasteiger partial charge in [-0.3, -0.25) is 4.79 Å². The first kappa shape index (κ1) is 16.2. The number of carbonyl (C=O) groups excluding carboxylic acids is 1. The number of hydrogen-bond acceptors (Lipinski definition) is 3. The highest BCUT2D eigenvalue weighted by Crippen LogP contribution is 2.17. The molecule has 0 aromatic rings. The number of esters is 1. The molecule has 3 nitrogen and oxygen atoms in total. The van der Waals surface area contributed by atoms with Gasteiger partial charge in [0.15, 0.2) is 0 Å². The first-order valence-corrected chi connectivity index (χ1v) is 5.01. The van der Waals surface area contributed by atoms with Crippen molar-refractivity contribution in [2.45, 2.75) is 39.0 Å². The predicted molar refractivity (Wildman–Crippen MR) is 60.6 cm³/mol. The summed E-state index contributed by atoms with van der Waals surface area (Å²) in [6.07, 6.45) is 4.80. The van der Waals surface area contributed by atoms with E-state index < -0.39 is 0 Å². The molecule has 1 unspecified atom stereocenters. The van der Waals surface area contributed by atoms with E-state index in [0.717, 1.165) is 25.7 Å². The van der Waals surface area contributed by atoms with Crippen LogP contribution < -0.4 is 5.73 Å². The van der Waals surface area contributed by atoms with Gasteiger partial charge in [0.25, 0.3) is 0 Å². The Morgan fingerprint density at radius 2 is 2.07 bits per heavy atom. The maximum atomic E-state index is 11.0. The normalized spacial score (nSPS) is 11.6. The van der Waals surface area contributed by atoms with Gasteiger partial charge < -0.3 is 10.5 Å². The molecule has 0 heterocycles. The number of hydrogen-bond donors (Lipinski definition) is 1. The summed E-state index contributed by atoms with van der Waals surface area (Å²) >= 11 is 0. The van der Waals surface area contributed by atoms with Crippen LogP contribution >= 0.6 is 12.4 Å². The van der Waals surface area contributed by atoms with Crippen molar-refractivity contribution in [2.75, 3.05) is 13.7 Å². The summed E-state index contributed by atoms with van der Waals surface area (Å²) in [7, 11) is 1.44. The zero-order valence-corrected chi connectivity index (χ0v) is 9.94. The molecule has 86 valence electrons. The number of ether oxygens (including phenoxy) is 1. The molecule has 4 heteroatoms. The van der Waals surface area contributed by atoms with Crippen molar-refractivity contribution in [3.05, 3.63) is 0 Å². The van der Waals surface area contributed by atoms with Crippen molar-refractivity contribution in [3.63, 3.8) is 0 Å². The van der Waals surface area contributed by atoms with Crippen molar-refractivity contribution >= 4 is 18.4 Å². The molecule has 0 aliphatic rings. The second kappa shape index (κ2) is 10.8. The third-order valence-electron chi connectivity index (χ3n) is 2.20. The Bertz CT molecular complexity index is 142. The minimum atomic E-state index is -0.101. The van der Waals surface area contributed by atoms with E-state index in [0.29, 0.717) is 18.9 Å². The quantitative estimate of drug-likeness (QED) is 0.673. The van der Waals surface area contributed by atoms with Crippen molar-refractivity contribution in [1.82, 2.24) is 0 Å². The molecule has 1 atom stereocenters. The maximum Gasteiger partial charge on any atom is 0.305 e. The Labute approximate surface area is 92.8 Å². The lowest BCUT2D eigenvalue weighted by atomic mass is 9.94. The summed E-state index contributed by atoms with van der Waals surface area (Å²) < 4.78 is 4.64. The molecule has 0 fully saturated rings. The molecule has 0 aliphatic carbocycles. The first-order valence-electron chi connectivity index (χ1n) is 5.01. The number of carbonyl (C=O) groups is 1. The van der Waals surface area contributed by atoms with Crippen LogP contribution in [0.2, 0.25) is 0 Å². The van der Waals surface area contributed by atoms with Crippen LogP contribution in [0, 0.1) is 5.92 Å². The Kier molecular flexibility index (Phi) is 12.5. The molecule has 2 N–H and O–H groups in total. The van der Waals surface area contributed by atoms with Crippen LogP contribution in [-0.4, -0.2) is 19.6 Å². The molecule has 0 rings (SSSR count). The average Bonchev–Trinajstić information content (AvgIpc) is 2.14. The largest absolute Gasteiger partial charge is 0.469 e. The van der Waals surface area contributed by atoms with E-state index in [4.69, 9.17) is 5.73 Å². The minimum absolute atomic E-state index is 0. The van der Waals surface area contributed by atoms with Crippen LogP contribution in [0.25, 0.3) is 0 Å². The number of nitrogens with two attached hydrogens (primary N) is 1. The Hall–Kier alpha value is -0.280. The summed E-state index contributed by atoms with van der Waals surface area (Å²) in [6, 6.07) is 0. The molecular formula is C10H22ClNO2. The molecule has 14 heavy (non-hydrogen) atoms. The van der Waals surface area contributed by atoms with Gasteiger partial charge in [0.2, 0.25) is 0 Å². The van der Waals surface area contributed by atoms with Gasteiger partial charge in [-0.25, -0.2) is 0 Å². The number of methoxy groups -OCH3 is 1. The highest BCUT2D eigenvalue weighted by molar-refractivity contribution is 5.85. The van der Waals surface area contributed by atoms with E-state index in [1.54, 1.807) is 0 Å². The molecule has 0 aromatic heterocycles. The maximum absolute atomic E-state index is 11.0. The molecule has 0 amide bonds. The lowest BCUT2D eigenvalue weighted by Gasteiger charge is -2.13. The fourth-order valence-corrected chi connectivity index (χ4v) is 1.48. The monoisotopic (exact) mass is 223 g/mol. The van der Waals surface area contributed by atoms with Crippen LogP contribution in [0.15, 0.2) is 0 Å². The minimum Gasteiger partial charge on any atom is -0.469 e. The van der Waals surface area contributed by atoms with Gasteiger partial charge in [-0.15, -0.1) is 12.4 Å². The molecule has 0 bridgehead atoms. The first-order chi connectivity index (χ1) is 6.24. The van der Waals surface area contributed by atoms with E-state index >= 15 is 0 Å². The second-order valence-corrected chi connectivity index (χ2v) is 3.37. The second-order valence-electron chi connectivity index (χ2n) is 3.37. The zero-order valence-electron chi connectivity index (χ0n) is 9.12. The van der Waals surface area contributed by atoms with E-state index in [1.807, 2.05) is 0 Å². The Morgan fingerprint density at radius 1 is 1.43 bits per heavy atom. The van der Waals surface area contributed by atoms with E-state index in [2.05, 4.69) is 11.7 Å². The van der Waals surface area contributed by atoms with Crippen LogP contribution in [0.1, 0.15) is 39.0 Å². The average molecular weight is 224 g/mol. The van der Waals surface area contributed by atoms with Crippen LogP contribution in [0.3, 0.4) is 0 Å². The number of rotatable bonds is 7. The molecule has 0 aromatic carbocycles. The zero-order chi connectivity index (χ0) is 10.1. The molecule has 0 saturated heterocycles. The van der Waals surface area contributed by atoms with Crippen molar-refractivity contribution < 1.29 is 9.53 Å². The summed E-state index contributed by atoms with van der Waals surface area (Å²) in [5, 5.41) is 0. The SMILES string of the molecule is CCCC(CCCN)CC(=O)OC.Cl. The van der Waals surface area contributed by atoms with Gasteiger partial charge in [-0.05, 0) is 25.3 Å². The van der Waals surface area contributed by atoms with Crippen molar-refractivity contribution in [2.24, 2.45) is 11.7 Å². The van der Waals surface area contributed by atoms with Crippen molar-refractivity contribution in [3.8, 4) is 0 Å². The lowest BCUT2D eigenvalue weighted by molar-refractivity contribution is -0.141. The fraction of sp³-hybridized carbons (Fsp3) is 0.900. The van der Waals surface area contributed by atoms with Crippen molar-refractivity contribution in [1.29, 1.82) is 0 Å². The Balaban J connectivity index is 0. The Morgan fingerprint density at radius 3 is 2.50 bits per heavy atom. The highest BCUT2D eigenvalue weighted by atomic mass is 35.5. The van der Waals surface area contributed by atoms with Crippen LogP contribution in [-0.2, 0) is 9.53 Å². The van der Waals surface area contributed by atoms with Gasteiger partial charge in [-0.2, -0.15) is 0 Å². The van der Waals surface area contributed by atoms with E-state index in [9.17, 15) is 4.79 Å². The fourth-order valence-electron chi connectivity index (χ4n) is 1.48. The summed E-state index contributed by atoms with van der Waals surface area (Å²) in [4.78, 5) is 11.0. The standard InChI is InChI=1S/C10H21NO2.ClH/c1-3-5-9(6-4-7-11)8-10(12)13-2;/h9H,3-8,11H2,1-2H3;1H. The smallest absolute Gasteiger partial charge is 0.305 e. The van der Waals surface area contributed by atoms with Crippen LogP contribution in [0.4, 0.5) is 0 Å². The summed E-state index contributed by atoms with van der Waals surface area (Å²) in [5.41, 5.74) is 5.42. The molecule has 0 saturated carbocycles. The third-order valence-corrected chi connectivity index (χ3v) is 2.20. The van der Waals surface area contributed by atoms with Gasteiger partial charge >= 0.3 is 5.97 Å². The van der Waals surface area contributed by atoms with Crippen LogP contribution in [0.5, 0.6) is 0 Å². The van der Waals surface area contributed by atoms with Gasteiger partial charge in [0.1, 0.15) is 0 Å². The molecular weight excluding hydrogens is 202 g/mol. The third kappa shape index (κ3) is 8.32. The number of halogens is 1. The topological polar surface area (TPSA) is 52.3 Å². The molecule has 0 aliphatic heterocycles. The van der Waals surface area contributed by atoms with Gasteiger partial charge in [0.05, 0.1) is 7.11 Å². The molecule has 0 radical (unpaired) electrons. The molecule has 0 spiro atoms. The van der Waals surface area contributed by atoms with E-state index in [1.165, 1.54) is 7.11 Å². The summed E-state index contributed by atoms with van der Waals surface area (Å²) in [6.45, 7) is 2.84.